The Labute approximate surface area is 337 Å². The lowest BCUT2D eigenvalue weighted by Gasteiger charge is -2.39. The van der Waals surface area contributed by atoms with Crippen LogP contribution >= 0.6 is 0 Å². The summed E-state index contributed by atoms with van der Waals surface area (Å²) in [5.74, 6) is -0.322. The lowest BCUT2D eigenvalue weighted by molar-refractivity contribution is -0.305. The Morgan fingerprint density at radius 3 is 1.47 bits per heavy atom. The number of rotatable bonds is 39. The predicted molar refractivity (Wildman–Crippen MR) is 224 cm³/mol. The molecular formula is C46H86O9. The lowest BCUT2D eigenvalue weighted by atomic mass is 9.99. The Kier molecular flexibility index (Phi) is 35.9. The average molecular weight is 783 g/mol. The molecule has 55 heavy (non-hydrogen) atoms. The Morgan fingerprint density at radius 2 is 1.00 bits per heavy atom. The van der Waals surface area contributed by atoms with E-state index in [-0.39, 0.29) is 19.2 Å². The molecule has 0 spiro atoms. The van der Waals surface area contributed by atoms with Crippen molar-refractivity contribution in [1.29, 1.82) is 0 Å². The van der Waals surface area contributed by atoms with E-state index >= 15 is 0 Å². The maximum atomic E-state index is 12.8. The molecule has 9 nitrogen and oxygen atoms in total. The van der Waals surface area contributed by atoms with Crippen molar-refractivity contribution in [3.8, 4) is 0 Å². The Hall–Kier alpha value is -1.33. The molecule has 1 fully saturated rings. The number of unbranched alkanes of at least 4 members (excludes halogenated alkanes) is 24. The van der Waals surface area contributed by atoms with Gasteiger partial charge >= 0.3 is 5.97 Å². The van der Waals surface area contributed by atoms with Crippen LogP contribution in [0.15, 0.2) is 24.3 Å². The minimum Gasteiger partial charge on any atom is -0.457 e. The summed E-state index contributed by atoms with van der Waals surface area (Å²) in [7, 11) is 0. The highest BCUT2D eigenvalue weighted by Gasteiger charge is 2.44. The summed E-state index contributed by atoms with van der Waals surface area (Å²) in [4.78, 5) is 12.8. The number of hydrogen-bond acceptors (Lipinski definition) is 9. The van der Waals surface area contributed by atoms with Crippen LogP contribution in [0.1, 0.15) is 200 Å². The minimum atomic E-state index is -1.54. The lowest BCUT2D eigenvalue weighted by Crippen LogP contribution is -2.59. The van der Waals surface area contributed by atoms with E-state index in [1.54, 1.807) is 0 Å². The highest BCUT2D eigenvalue weighted by atomic mass is 16.7. The van der Waals surface area contributed by atoms with Crippen LogP contribution in [-0.2, 0) is 23.7 Å². The molecule has 0 aromatic rings. The molecule has 0 aromatic carbocycles. The molecule has 1 aliphatic heterocycles. The first-order valence-electron chi connectivity index (χ1n) is 22.9. The van der Waals surface area contributed by atoms with Crippen LogP contribution in [0.3, 0.4) is 0 Å². The SMILES string of the molecule is CCCCCCC/C=C\CCCCCCCC(=O)OC(COCCCCCCCCCC/C=C\CCCCCCCC)COC1OC(CO)C(O)C(O)C1O. The van der Waals surface area contributed by atoms with Gasteiger partial charge in [-0.2, -0.15) is 0 Å². The number of ether oxygens (including phenoxy) is 4. The summed E-state index contributed by atoms with van der Waals surface area (Å²) in [6.45, 7) is 4.54. The van der Waals surface area contributed by atoms with Crippen molar-refractivity contribution in [2.75, 3.05) is 26.4 Å². The van der Waals surface area contributed by atoms with Gasteiger partial charge in [-0.1, -0.05) is 154 Å². The quantitative estimate of drug-likeness (QED) is 0.0273. The molecule has 9 heteroatoms. The van der Waals surface area contributed by atoms with Crippen LogP contribution in [0.2, 0.25) is 0 Å². The molecule has 1 rings (SSSR count). The highest BCUT2D eigenvalue weighted by molar-refractivity contribution is 5.69. The molecule has 0 aliphatic carbocycles. The van der Waals surface area contributed by atoms with Crippen molar-refractivity contribution in [3.63, 3.8) is 0 Å². The monoisotopic (exact) mass is 783 g/mol. The van der Waals surface area contributed by atoms with Gasteiger partial charge in [0.25, 0.3) is 0 Å². The van der Waals surface area contributed by atoms with E-state index in [0.29, 0.717) is 13.0 Å². The van der Waals surface area contributed by atoms with Gasteiger partial charge in [0.15, 0.2) is 6.29 Å². The summed E-state index contributed by atoms with van der Waals surface area (Å²) >= 11 is 0. The van der Waals surface area contributed by atoms with Gasteiger partial charge in [0, 0.05) is 13.0 Å². The van der Waals surface area contributed by atoms with Gasteiger partial charge in [0.1, 0.15) is 30.5 Å². The van der Waals surface area contributed by atoms with E-state index in [0.717, 1.165) is 44.9 Å². The zero-order valence-electron chi connectivity index (χ0n) is 35.4. The molecule has 0 radical (unpaired) electrons. The van der Waals surface area contributed by atoms with Gasteiger partial charge in [0.2, 0.25) is 0 Å². The van der Waals surface area contributed by atoms with Crippen molar-refractivity contribution in [2.45, 2.75) is 237 Å². The van der Waals surface area contributed by atoms with Crippen molar-refractivity contribution >= 4 is 5.97 Å². The van der Waals surface area contributed by atoms with Gasteiger partial charge in [-0.25, -0.2) is 0 Å². The molecule has 1 heterocycles. The minimum absolute atomic E-state index is 0.115. The third-order valence-corrected chi connectivity index (χ3v) is 10.6. The van der Waals surface area contributed by atoms with Crippen LogP contribution in [-0.4, -0.2) is 89.6 Å². The van der Waals surface area contributed by atoms with E-state index in [9.17, 15) is 25.2 Å². The van der Waals surface area contributed by atoms with Gasteiger partial charge in [-0.15, -0.1) is 0 Å². The average Bonchev–Trinajstić information content (AvgIpc) is 3.18. The van der Waals surface area contributed by atoms with Crippen molar-refractivity contribution < 1.29 is 44.2 Å². The summed E-state index contributed by atoms with van der Waals surface area (Å²) in [5, 5.41) is 40.1. The number of carbonyl (C=O) groups excluding carboxylic acids is 1. The Bertz CT molecular complexity index is 895. The number of aliphatic hydroxyl groups is 4. The fraction of sp³-hybridized carbons (Fsp3) is 0.891. The second-order valence-electron chi connectivity index (χ2n) is 15.8. The number of aliphatic hydroxyl groups excluding tert-OH is 4. The summed E-state index contributed by atoms with van der Waals surface area (Å²) in [5.41, 5.74) is 0. The number of hydrogen-bond donors (Lipinski definition) is 4. The van der Waals surface area contributed by atoms with Crippen LogP contribution < -0.4 is 0 Å². The Morgan fingerprint density at radius 1 is 0.564 bits per heavy atom. The van der Waals surface area contributed by atoms with Crippen LogP contribution in [0.25, 0.3) is 0 Å². The molecule has 1 aliphatic rings. The van der Waals surface area contributed by atoms with Crippen LogP contribution in [0.5, 0.6) is 0 Å². The fourth-order valence-electron chi connectivity index (χ4n) is 6.95. The Balaban J connectivity index is 2.25. The molecular weight excluding hydrogens is 696 g/mol. The molecule has 0 aromatic heterocycles. The molecule has 6 unspecified atom stereocenters. The second kappa shape index (κ2) is 38.2. The smallest absolute Gasteiger partial charge is 0.306 e. The highest BCUT2D eigenvalue weighted by Crippen LogP contribution is 2.22. The number of allylic oxidation sites excluding steroid dienone is 4. The second-order valence-corrected chi connectivity index (χ2v) is 15.8. The third kappa shape index (κ3) is 29.5. The van der Waals surface area contributed by atoms with E-state index in [1.807, 2.05) is 0 Å². The zero-order valence-corrected chi connectivity index (χ0v) is 35.4. The largest absolute Gasteiger partial charge is 0.457 e. The summed E-state index contributed by atoms with van der Waals surface area (Å²) < 4.78 is 22.8. The zero-order chi connectivity index (χ0) is 40.0. The maximum Gasteiger partial charge on any atom is 0.306 e. The molecule has 324 valence electrons. The fourth-order valence-corrected chi connectivity index (χ4v) is 6.95. The van der Waals surface area contributed by atoms with Crippen LogP contribution in [0, 0.1) is 0 Å². The van der Waals surface area contributed by atoms with E-state index in [2.05, 4.69) is 38.2 Å². The first kappa shape index (κ1) is 51.7. The number of carbonyl (C=O) groups is 1. The van der Waals surface area contributed by atoms with Gasteiger partial charge in [0.05, 0.1) is 19.8 Å². The summed E-state index contributed by atoms with van der Waals surface area (Å²) in [6.07, 6.45) is 36.3. The first-order valence-corrected chi connectivity index (χ1v) is 22.9. The standard InChI is InChI=1S/C46H86O9/c1-3-5-7-9-11-13-15-17-19-20-21-22-24-26-28-30-32-34-36-52-38-40(39-53-46-45(51)44(50)43(49)41(37-47)55-46)54-42(48)35-33-31-29-27-25-23-18-16-14-12-10-8-6-4-2/h16-19,40-41,43-47,49-51H,3-15,20-39H2,1-2H3/b18-16-,19-17-. The molecule has 0 amide bonds. The van der Waals surface area contributed by atoms with E-state index in [1.165, 1.54) is 135 Å². The molecule has 4 N–H and O–H groups in total. The van der Waals surface area contributed by atoms with Gasteiger partial charge in [-0.05, 0) is 64.2 Å². The third-order valence-electron chi connectivity index (χ3n) is 10.6. The van der Waals surface area contributed by atoms with E-state index in [4.69, 9.17) is 18.9 Å². The van der Waals surface area contributed by atoms with Gasteiger partial charge < -0.3 is 39.4 Å². The van der Waals surface area contributed by atoms with Crippen LogP contribution in [0.4, 0.5) is 0 Å². The number of esters is 1. The molecule has 0 bridgehead atoms. The van der Waals surface area contributed by atoms with Crippen molar-refractivity contribution in [2.24, 2.45) is 0 Å². The topological polar surface area (TPSA) is 135 Å². The first-order chi connectivity index (χ1) is 26.9. The maximum absolute atomic E-state index is 12.8. The molecule has 1 saturated heterocycles. The van der Waals surface area contributed by atoms with Crippen molar-refractivity contribution in [1.82, 2.24) is 0 Å². The van der Waals surface area contributed by atoms with E-state index < -0.39 is 43.4 Å². The molecule has 6 atom stereocenters. The summed E-state index contributed by atoms with van der Waals surface area (Å²) in [6, 6.07) is 0. The van der Waals surface area contributed by atoms with Crippen molar-refractivity contribution in [3.05, 3.63) is 24.3 Å². The normalized spacial score (nSPS) is 20.9. The van der Waals surface area contributed by atoms with Gasteiger partial charge in [-0.3, -0.25) is 4.79 Å². The molecule has 0 saturated carbocycles. The predicted octanol–water partition coefficient (Wildman–Crippen LogP) is 10.2.